The van der Waals surface area contributed by atoms with Crippen molar-refractivity contribution in [2.24, 2.45) is 0 Å². The molecule has 0 radical (unpaired) electrons. The van der Waals surface area contributed by atoms with Crippen molar-refractivity contribution >= 4 is 32.6 Å². The van der Waals surface area contributed by atoms with Crippen molar-refractivity contribution in [2.75, 3.05) is 25.6 Å². The second kappa shape index (κ2) is 9.42. The quantitative estimate of drug-likeness (QED) is 0.505. The smallest absolute Gasteiger partial charge is 0.291 e. The van der Waals surface area contributed by atoms with Gasteiger partial charge in [-0.1, -0.05) is 25.1 Å². The fraction of sp³-hybridized carbons (Fsp3) is 0.318. The van der Waals surface area contributed by atoms with Gasteiger partial charge < -0.3 is 14.5 Å². The standard InChI is InChI=1S/C22H26N2O5S/c1-4-16-8-9-20-19(13-16)15(2)21(29-20)22(25)24-18-7-5-6-17(12-18)14-30(26,27)23-10-11-28-3/h5-9,12-13,23H,4,10-11,14H2,1-3H3,(H,24,25). The highest BCUT2D eigenvalue weighted by Gasteiger charge is 2.18. The summed E-state index contributed by atoms with van der Waals surface area (Å²) in [7, 11) is -1.99. The number of anilines is 1. The molecule has 0 aliphatic carbocycles. The predicted octanol–water partition coefficient (Wildman–Crippen LogP) is 3.62. The molecule has 0 saturated heterocycles. The first-order chi connectivity index (χ1) is 14.3. The van der Waals surface area contributed by atoms with Crippen LogP contribution in [0.5, 0.6) is 0 Å². The van der Waals surface area contributed by atoms with Crippen molar-refractivity contribution in [3.63, 3.8) is 0 Å². The van der Waals surface area contributed by atoms with Gasteiger partial charge in [-0.25, -0.2) is 13.1 Å². The number of furan rings is 1. The Morgan fingerprint density at radius 1 is 1.13 bits per heavy atom. The van der Waals surface area contributed by atoms with Gasteiger partial charge in [-0.15, -0.1) is 0 Å². The molecule has 8 heteroatoms. The van der Waals surface area contributed by atoms with Crippen LogP contribution in [0.1, 0.15) is 34.2 Å². The Morgan fingerprint density at radius 3 is 2.67 bits per heavy atom. The molecule has 30 heavy (non-hydrogen) atoms. The molecular formula is C22H26N2O5S. The van der Waals surface area contributed by atoms with Crippen LogP contribution in [-0.4, -0.2) is 34.6 Å². The highest BCUT2D eigenvalue weighted by atomic mass is 32.2. The highest BCUT2D eigenvalue weighted by molar-refractivity contribution is 7.88. The van der Waals surface area contributed by atoms with Crippen LogP contribution in [0, 0.1) is 6.92 Å². The zero-order valence-electron chi connectivity index (χ0n) is 17.3. The van der Waals surface area contributed by atoms with Crippen LogP contribution >= 0.6 is 0 Å². The molecule has 1 aromatic heterocycles. The van der Waals surface area contributed by atoms with Crippen LogP contribution in [0.15, 0.2) is 46.9 Å². The number of hydrogen-bond acceptors (Lipinski definition) is 5. The summed E-state index contributed by atoms with van der Waals surface area (Å²) in [5.41, 5.74) is 3.67. The summed E-state index contributed by atoms with van der Waals surface area (Å²) in [5.74, 6) is -0.318. The third-order valence-electron chi connectivity index (χ3n) is 4.78. The molecule has 2 aromatic carbocycles. The van der Waals surface area contributed by atoms with E-state index in [1.807, 2.05) is 25.1 Å². The second-order valence-electron chi connectivity index (χ2n) is 7.04. The number of benzene rings is 2. The van der Waals surface area contributed by atoms with Gasteiger partial charge in [0.15, 0.2) is 5.76 Å². The monoisotopic (exact) mass is 430 g/mol. The molecule has 0 aliphatic heterocycles. The van der Waals surface area contributed by atoms with Gasteiger partial charge >= 0.3 is 0 Å². The topological polar surface area (TPSA) is 97.6 Å². The Balaban J connectivity index is 1.75. The number of hydrogen-bond donors (Lipinski definition) is 2. The number of methoxy groups -OCH3 is 1. The molecule has 7 nitrogen and oxygen atoms in total. The lowest BCUT2D eigenvalue weighted by atomic mass is 10.1. The van der Waals surface area contributed by atoms with Crippen molar-refractivity contribution in [1.82, 2.24) is 4.72 Å². The maximum Gasteiger partial charge on any atom is 0.291 e. The van der Waals surface area contributed by atoms with Crippen LogP contribution in [0.3, 0.4) is 0 Å². The average molecular weight is 431 g/mol. The normalized spacial score (nSPS) is 11.7. The fourth-order valence-corrected chi connectivity index (χ4v) is 4.32. The molecule has 0 bridgehead atoms. The van der Waals surface area contributed by atoms with E-state index in [1.165, 1.54) is 12.7 Å². The maximum absolute atomic E-state index is 12.8. The lowest BCUT2D eigenvalue weighted by Crippen LogP contribution is -2.28. The number of ether oxygens (including phenoxy) is 1. The van der Waals surface area contributed by atoms with Crippen molar-refractivity contribution in [3.05, 3.63) is 64.9 Å². The summed E-state index contributed by atoms with van der Waals surface area (Å²) >= 11 is 0. The second-order valence-corrected chi connectivity index (χ2v) is 8.85. The van der Waals surface area contributed by atoms with Crippen molar-refractivity contribution in [1.29, 1.82) is 0 Å². The molecule has 0 aliphatic rings. The lowest BCUT2D eigenvalue weighted by molar-refractivity contribution is 0.0998. The van der Waals surface area contributed by atoms with Crippen LogP contribution < -0.4 is 10.0 Å². The van der Waals surface area contributed by atoms with E-state index in [0.717, 1.165) is 17.4 Å². The number of aryl methyl sites for hydroxylation is 2. The van der Waals surface area contributed by atoms with Gasteiger partial charge in [0.2, 0.25) is 10.0 Å². The summed E-state index contributed by atoms with van der Waals surface area (Å²) in [6.07, 6.45) is 0.901. The summed E-state index contributed by atoms with van der Waals surface area (Å²) in [4.78, 5) is 12.8. The van der Waals surface area contributed by atoms with Crippen molar-refractivity contribution < 1.29 is 22.4 Å². The number of nitrogens with one attached hydrogen (secondary N) is 2. The SMILES string of the molecule is CCc1ccc2oc(C(=O)Nc3cccc(CS(=O)(=O)NCCOC)c3)c(C)c2c1. The molecule has 1 amide bonds. The molecule has 3 aromatic rings. The highest BCUT2D eigenvalue weighted by Crippen LogP contribution is 2.27. The molecule has 160 valence electrons. The first-order valence-corrected chi connectivity index (χ1v) is 11.4. The number of fused-ring (bicyclic) bond motifs is 1. The summed E-state index contributed by atoms with van der Waals surface area (Å²) in [6.45, 7) is 4.44. The number of rotatable bonds is 9. The summed E-state index contributed by atoms with van der Waals surface area (Å²) in [5, 5.41) is 3.72. The van der Waals surface area contributed by atoms with E-state index >= 15 is 0 Å². The maximum atomic E-state index is 12.8. The minimum atomic E-state index is -3.50. The van der Waals surface area contributed by atoms with Crippen molar-refractivity contribution in [3.8, 4) is 0 Å². The first kappa shape index (κ1) is 22.0. The Bertz CT molecular complexity index is 1150. The minimum absolute atomic E-state index is 0.191. The number of carbonyl (C=O) groups excluding carboxylic acids is 1. The minimum Gasteiger partial charge on any atom is -0.451 e. The van der Waals surface area contributed by atoms with Crippen LogP contribution in [0.2, 0.25) is 0 Å². The van der Waals surface area contributed by atoms with E-state index in [2.05, 4.69) is 17.0 Å². The molecular weight excluding hydrogens is 404 g/mol. The molecule has 0 unspecified atom stereocenters. The Labute approximate surface area is 176 Å². The average Bonchev–Trinajstić information content (AvgIpc) is 3.04. The molecule has 0 fully saturated rings. The third-order valence-corrected chi connectivity index (χ3v) is 6.14. The molecule has 2 N–H and O–H groups in total. The van der Waals surface area contributed by atoms with Crippen LogP contribution in [-0.2, 0) is 26.9 Å². The number of carbonyl (C=O) groups is 1. The van der Waals surface area contributed by atoms with Gasteiger partial charge in [0.25, 0.3) is 5.91 Å². The van der Waals surface area contributed by atoms with Gasteiger partial charge in [0.05, 0.1) is 12.4 Å². The van der Waals surface area contributed by atoms with E-state index in [9.17, 15) is 13.2 Å². The third kappa shape index (κ3) is 5.27. The molecule has 0 atom stereocenters. The predicted molar refractivity (Wildman–Crippen MR) is 117 cm³/mol. The lowest BCUT2D eigenvalue weighted by Gasteiger charge is -2.09. The molecule has 3 rings (SSSR count). The van der Waals surface area contributed by atoms with E-state index in [1.54, 1.807) is 24.3 Å². The number of sulfonamides is 1. The van der Waals surface area contributed by atoms with Gasteiger partial charge in [-0.2, -0.15) is 0 Å². The van der Waals surface area contributed by atoms with E-state index < -0.39 is 10.0 Å². The Hall–Kier alpha value is -2.68. The summed E-state index contributed by atoms with van der Waals surface area (Å²) in [6, 6.07) is 12.6. The first-order valence-electron chi connectivity index (χ1n) is 9.71. The van der Waals surface area contributed by atoms with Crippen LogP contribution in [0.25, 0.3) is 11.0 Å². The Kier molecular flexibility index (Phi) is 6.91. The molecule has 0 saturated carbocycles. The van der Waals surface area contributed by atoms with Gasteiger partial charge in [0, 0.05) is 30.3 Å². The van der Waals surface area contributed by atoms with Gasteiger partial charge in [-0.05, 0) is 48.7 Å². The van der Waals surface area contributed by atoms with Crippen LogP contribution in [0.4, 0.5) is 5.69 Å². The number of amides is 1. The van der Waals surface area contributed by atoms with Gasteiger partial charge in [-0.3, -0.25) is 4.79 Å². The largest absolute Gasteiger partial charge is 0.451 e. The van der Waals surface area contributed by atoms with E-state index in [-0.39, 0.29) is 24.0 Å². The summed E-state index contributed by atoms with van der Waals surface area (Å²) < 4.78 is 37.4. The molecule has 1 heterocycles. The van der Waals surface area contributed by atoms with E-state index in [4.69, 9.17) is 9.15 Å². The van der Waals surface area contributed by atoms with Crippen molar-refractivity contribution in [2.45, 2.75) is 26.0 Å². The molecule has 0 spiro atoms. The fourth-order valence-electron chi connectivity index (χ4n) is 3.20. The van der Waals surface area contributed by atoms with E-state index in [0.29, 0.717) is 23.4 Å². The zero-order valence-corrected chi connectivity index (χ0v) is 18.1. The zero-order chi connectivity index (χ0) is 21.7. The van der Waals surface area contributed by atoms with Gasteiger partial charge in [0.1, 0.15) is 5.58 Å². The Morgan fingerprint density at radius 2 is 1.93 bits per heavy atom.